The van der Waals surface area contributed by atoms with Gasteiger partial charge in [0.1, 0.15) is 0 Å². The fourth-order valence-electron chi connectivity index (χ4n) is 1.65. The Kier molecular flexibility index (Phi) is 4.62. The molecule has 0 saturated heterocycles. The SMILES string of the molecule is COC(=O)C(O)(c1ccc(N(C)C(C)=O)cc1)C(F)(F)F. The number of ether oxygens (including phenoxy) is 1. The van der Waals surface area contributed by atoms with Gasteiger partial charge in [0.2, 0.25) is 5.91 Å². The van der Waals surface area contributed by atoms with Crippen LogP contribution in [0.2, 0.25) is 0 Å². The first-order valence-corrected chi connectivity index (χ1v) is 5.78. The summed E-state index contributed by atoms with van der Waals surface area (Å²) >= 11 is 0. The first-order chi connectivity index (χ1) is 9.55. The summed E-state index contributed by atoms with van der Waals surface area (Å²) in [7, 11) is 2.19. The summed E-state index contributed by atoms with van der Waals surface area (Å²) < 4.78 is 43.0. The number of rotatable bonds is 3. The monoisotopic (exact) mass is 305 g/mol. The van der Waals surface area contributed by atoms with Crippen molar-refractivity contribution in [2.75, 3.05) is 19.1 Å². The summed E-state index contributed by atoms with van der Waals surface area (Å²) in [6, 6.07) is 4.21. The van der Waals surface area contributed by atoms with Gasteiger partial charge in [0.05, 0.1) is 7.11 Å². The molecule has 0 heterocycles. The van der Waals surface area contributed by atoms with Crippen LogP contribution in [0.3, 0.4) is 0 Å². The maximum absolute atomic E-state index is 13.0. The highest BCUT2D eigenvalue weighted by molar-refractivity contribution is 5.91. The topological polar surface area (TPSA) is 66.8 Å². The van der Waals surface area contributed by atoms with E-state index in [0.29, 0.717) is 5.69 Å². The second kappa shape index (κ2) is 5.72. The van der Waals surface area contributed by atoms with E-state index in [1.165, 1.54) is 31.0 Å². The molecule has 116 valence electrons. The van der Waals surface area contributed by atoms with Crippen molar-refractivity contribution in [1.82, 2.24) is 0 Å². The van der Waals surface area contributed by atoms with Crippen LogP contribution in [0.5, 0.6) is 0 Å². The second-order valence-corrected chi connectivity index (χ2v) is 4.32. The molecule has 1 unspecified atom stereocenters. The van der Waals surface area contributed by atoms with Crippen molar-refractivity contribution in [2.24, 2.45) is 0 Å². The van der Waals surface area contributed by atoms with Gasteiger partial charge in [0.15, 0.2) is 0 Å². The molecule has 1 atom stereocenters. The zero-order chi connectivity index (χ0) is 16.4. The van der Waals surface area contributed by atoms with Crippen molar-refractivity contribution in [3.05, 3.63) is 29.8 Å². The van der Waals surface area contributed by atoms with E-state index < -0.39 is 23.3 Å². The molecular formula is C13H14F3NO4. The van der Waals surface area contributed by atoms with E-state index >= 15 is 0 Å². The molecule has 0 bridgehead atoms. The van der Waals surface area contributed by atoms with Gasteiger partial charge in [-0.05, 0) is 12.1 Å². The number of nitrogens with zero attached hydrogens (tertiary/aromatic N) is 1. The van der Waals surface area contributed by atoms with E-state index in [9.17, 15) is 27.9 Å². The summed E-state index contributed by atoms with van der Waals surface area (Å²) in [5, 5.41) is 9.75. The predicted octanol–water partition coefficient (Wildman–Crippen LogP) is 1.59. The van der Waals surface area contributed by atoms with E-state index in [1.807, 2.05) is 0 Å². The molecule has 0 aliphatic carbocycles. The molecule has 1 amide bonds. The molecule has 8 heteroatoms. The largest absolute Gasteiger partial charge is 0.466 e. The summed E-state index contributed by atoms with van der Waals surface area (Å²) in [6.45, 7) is 1.29. The van der Waals surface area contributed by atoms with Crippen LogP contribution in [0.25, 0.3) is 0 Å². The van der Waals surface area contributed by atoms with Gasteiger partial charge in [0, 0.05) is 25.2 Å². The van der Waals surface area contributed by atoms with Crippen LogP contribution in [-0.2, 0) is 19.9 Å². The minimum Gasteiger partial charge on any atom is -0.466 e. The average Bonchev–Trinajstić information content (AvgIpc) is 2.43. The molecule has 5 nitrogen and oxygen atoms in total. The molecule has 0 fully saturated rings. The molecule has 0 spiro atoms. The number of amides is 1. The van der Waals surface area contributed by atoms with E-state index in [0.717, 1.165) is 19.2 Å². The third-order valence-corrected chi connectivity index (χ3v) is 3.04. The predicted molar refractivity (Wildman–Crippen MR) is 67.5 cm³/mol. The standard InChI is InChI=1S/C13H14F3NO4/c1-8(18)17(2)10-6-4-9(5-7-10)12(20,11(19)21-3)13(14,15)16/h4-7,20H,1-3H3. The molecule has 1 rings (SSSR count). The van der Waals surface area contributed by atoms with Crippen molar-refractivity contribution >= 4 is 17.6 Å². The summed E-state index contributed by atoms with van der Waals surface area (Å²) in [4.78, 5) is 23.7. The first-order valence-electron chi connectivity index (χ1n) is 5.78. The van der Waals surface area contributed by atoms with E-state index in [1.54, 1.807) is 0 Å². The number of anilines is 1. The van der Waals surface area contributed by atoms with Gasteiger partial charge in [-0.1, -0.05) is 12.1 Å². The van der Waals surface area contributed by atoms with E-state index in [2.05, 4.69) is 4.74 Å². The number of benzene rings is 1. The number of hydrogen-bond donors (Lipinski definition) is 1. The Bertz CT molecular complexity index is 541. The molecule has 1 N–H and O–H groups in total. The first kappa shape index (κ1) is 17.0. The molecule has 1 aromatic carbocycles. The quantitative estimate of drug-likeness (QED) is 0.861. The highest BCUT2D eigenvalue weighted by atomic mass is 19.4. The fraction of sp³-hybridized carbons (Fsp3) is 0.385. The molecule has 1 aromatic rings. The van der Waals surface area contributed by atoms with Crippen LogP contribution in [0.15, 0.2) is 24.3 Å². The third-order valence-electron chi connectivity index (χ3n) is 3.04. The summed E-state index contributed by atoms with van der Waals surface area (Å²) in [5.41, 5.74) is -4.13. The van der Waals surface area contributed by atoms with Gasteiger partial charge in [0.25, 0.3) is 5.60 Å². The van der Waals surface area contributed by atoms with E-state index in [4.69, 9.17) is 0 Å². The number of alkyl halides is 3. The number of carbonyl (C=O) groups is 2. The van der Waals surface area contributed by atoms with Crippen molar-refractivity contribution in [1.29, 1.82) is 0 Å². The highest BCUT2D eigenvalue weighted by Gasteiger charge is 2.62. The Labute approximate surface area is 118 Å². The highest BCUT2D eigenvalue weighted by Crippen LogP contribution is 2.40. The maximum Gasteiger partial charge on any atom is 0.432 e. The lowest BCUT2D eigenvalue weighted by atomic mass is 9.93. The molecule has 0 radical (unpaired) electrons. The minimum atomic E-state index is -5.24. The summed E-state index contributed by atoms with van der Waals surface area (Å²) in [5.74, 6) is -2.15. The summed E-state index contributed by atoms with van der Waals surface area (Å²) in [6.07, 6.45) is -5.24. The van der Waals surface area contributed by atoms with Crippen molar-refractivity contribution in [3.63, 3.8) is 0 Å². The van der Waals surface area contributed by atoms with Crippen molar-refractivity contribution < 1.29 is 32.6 Å². The van der Waals surface area contributed by atoms with E-state index in [-0.39, 0.29) is 5.91 Å². The van der Waals surface area contributed by atoms with Gasteiger partial charge in [-0.2, -0.15) is 13.2 Å². The maximum atomic E-state index is 13.0. The van der Waals surface area contributed by atoms with Crippen LogP contribution in [-0.4, -0.2) is 37.3 Å². The number of hydrogen-bond acceptors (Lipinski definition) is 4. The van der Waals surface area contributed by atoms with Gasteiger partial charge >= 0.3 is 12.1 Å². The van der Waals surface area contributed by atoms with Gasteiger partial charge in [-0.25, -0.2) is 4.79 Å². The van der Waals surface area contributed by atoms with Crippen LogP contribution in [0.1, 0.15) is 12.5 Å². The number of halogens is 3. The van der Waals surface area contributed by atoms with Crippen LogP contribution in [0, 0.1) is 0 Å². The zero-order valence-electron chi connectivity index (χ0n) is 11.6. The smallest absolute Gasteiger partial charge is 0.432 e. The molecule has 0 aliphatic rings. The third kappa shape index (κ3) is 2.99. The Morgan fingerprint density at radius 1 is 1.19 bits per heavy atom. The number of esters is 1. The number of carbonyl (C=O) groups excluding carboxylic acids is 2. The molecule has 21 heavy (non-hydrogen) atoms. The number of methoxy groups -OCH3 is 1. The molecular weight excluding hydrogens is 291 g/mol. The van der Waals surface area contributed by atoms with Crippen LogP contribution >= 0.6 is 0 Å². The Balaban J connectivity index is 3.30. The van der Waals surface area contributed by atoms with Crippen LogP contribution in [0.4, 0.5) is 18.9 Å². The number of aliphatic hydroxyl groups is 1. The van der Waals surface area contributed by atoms with Gasteiger partial charge in [-0.15, -0.1) is 0 Å². The minimum absolute atomic E-state index is 0.318. The molecule has 0 saturated carbocycles. The fourth-order valence-corrected chi connectivity index (χ4v) is 1.65. The molecule has 0 aliphatic heterocycles. The Morgan fingerprint density at radius 3 is 2.00 bits per heavy atom. The van der Waals surface area contributed by atoms with Gasteiger partial charge < -0.3 is 14.7 Å². The van der Waals surface area contributed by atoms with Gasteiger partial charge in [-0.3, -0.25) is 4.79 Å². The zero-order valence-corrected chi connectivity index (χ0v) is 11.6. The average molecular weight is 305 g/mol. The lowest BCUT2D eigenvalue weighted by molar-refractivity contribution is -0.266. The second-order valence-electron chi connectivity index (χ2n) is 4.32. The van der Waals surface area contributed by atoms with Crippen molar-refractivity contribution in [2.45, 2.75) is 18.7 Å². The normalized spacial score (nSPS) is 14.2. The van der Waals surface area contributed by atoms with Crippen LogP contribution < -0.4 is 4.90 Å². The molecule has 0 aromatic heterocycles. The lowest BCUT2D eigenvalue weighted by Gasteiger charge is -2.28. The Hall–Kier alpha value is -2.09. The Morgan fingerprint density at radius 2 is 1.67 bits per heavy atom. The lowest BCUT2D eigenvalue weighted by Crippen LogP contribution is -2.49. The van der Waals surface area contributed by atoms with Crippen molar-refractivity contribution in [3.8, 4) is 0 Å².